The van der Waals surface area contributed by atoms with Crippen molar-refractivity contribution in [1.82, 2.24) is 0 Å². The van der Waals surface area contributed by atoms with Crippen molar-refractivity contribution in [3.63, 3.8) is 0 Å². The van der Waals surface area contributed by atoms with Crippen LogP contribution in [0.3, 0.4) is 0 Å². The van der Waals surface area contributed by atoms with Crippen molar-refractivity contribution in [1.29, 1.82) is 0 Å². The standard InChI is InChI=1S/C28H26N/c1-4-7-19-10-11-21-18-25-24(17-22(21)16-19)26-23-9-6-5-8-20(23)12-15-29(26)28(3)14-13-27(25,28)2/h5-6,8-18H,4,7H2,1-3H3/q+1. The quantitative estimate of drug-likeness (QED) is 0.279. The molecule has 6 rings (SSSR count). The van der Waals surface area contributed by atoms with Gasteiger partial charge in [-0.05, 0) is 64.9 Å². The van der Waals surface area contributed by atoms with Gasteiger partial charge in [-0.1, -0.05) is 55.8 Å². The summed E-state index contributed by atoms with van der Waals surface area (Å²) in [6.45, 7) is 7.03. The van der Waals surface area contributed by atoms with Crippen molar-refractivity contribution in [3.8, 4) is 11.3 Å². The number of aromatic nitrogens is 1. The van der Waals surface area contributed by atoms with Gasteiger partial charge in [-0.25, -0.2) is 0 Å². The van der Waals surface area contributed by atoms with Gasteiger partial charge in [0.2, 0.25) is 5.69 Å². The minimum absolute atomic E-state index is 0.0126. The molecule has 0 radical (unpaired) electrons. The molecule has 0 N–H and O–H groups in total. The largest absolute Gasteiger partial charge is 0.221 e. The highest BCUT2D eigenvalue weighted by Crippen LogP contribution is 2.54. The van der Waals surface area contributed by atoms with Gasteiger partial charge in [0.05, 0.1) is 16.4 Å². The van der Waals surface area contributed by atoms with E-state index in [0.717, 1.165) is 6.42 Å². The third-order valence-electron chi connectivity index (χ3n) is 7.55. The molecule has 0 bridgehead atoms. The zero-order valence-corrected chi connectivity index (χ0v) is 17.4. The monoisotopic (exact) mass is 376 g/mol. The van der Waals surface area contributed by atoms with Gasteiger partial charge in [0.25, 0.3) is 0 Å². The van der Waals surface area contributed by atoms with Crippen molar-refractivity contribution in [2.45, 2.75) is 44.6 Å². The molecule has 0 spiro atoms. The van der Waals surface area contributed by atoms with Crippen LogP contribution in [0.25, 0.3) is 32.8 Å². The van der Waals surface area contributed by atoms with E-state index in [9.17, 15) is 0 Å². The van der Waals surface area contributed by atoms with Gasteiger partial charge in [0, 0.05) is 13.0 Å². The van der Waals surface area contributed by atoms with Crippen LogP contribution < -0.4 is 4.57 Å². The van der Waals surface area contributed by atoms with Gasteiger partial charge in [0.15, 0.2) is 11.7 Å². The highest BCUT2D eigenvalue weighted by atomic mass is 15.1. The maximum atomic E-state index is 2.51. The third-order valence-corrected chi connectivity index (χ3v) is 7.55. The summed E-state index contributed by atoms with van der Waals surface area (Å²) in [5.41, 5.74) is 5.60. The second-order valence-electron chi connectivity index (χ2n) is 9.13. The molecule has 2 unspecified atom stereocenters. The normalized spacial score (nSPS) is 24.1. The number of allylic oxidation sites excluding steroid dienone is 2. The highest BCUT2D eigenvalue weighted by molar-refractivity contribution is 5.98. The molecule has 2 atom stereocenters. The Bertz CT molecular complexity index is 1350. The Morgan fingerprint density at radius 3 is 2.48 bits per heavy atom. The van der Waals surface area contributed by atoms with E-state index in [1.165, 1.54) is 50.4 Å². The summed E-state index contributed by atoms with van der Waals surface area (Å²) in [4.78, 5) is 0. The Morgan fingerprint density at radius 2 is 1.69 bits per heavy atom. The van der Waals surface area contributed by atoms with E-state index in [1.807, 2.05) is 0 Å². The van der Waals surface area contributed by atoms with Crippen LogP contribution in [0.15, 0.2) is 79.0 Å². The number of hydrogen-bond acceptors (Lipinski definition) is 0. The van der Waals surface area contributed by atoms with Crippen molar-refractivity contribution in [3.05, 3.63) is 90.1 Å². The van der Waals surface area contributed by atoms with Gasteiger partial charge >= 0.3 is 0 Å². The van der Waals surface area contributed by atoms with E-state index in [-0.39, 0.29) is 11.0 Å². The predicted molar refractivity (Wildman–Crippen MR) is 121 cm³/mol. The van der Waals surface area contributed by atoms with Crippen LogP contribution in [-0.4, -0.2) is 0 Å². The first kappa shape index (κ1) is 17.0. The predicted octanol–water partition coefficient (Wildman–Crippen LogP) is 6.46. The lowest BCUT2D eigenvalue weighted by Gasteiger charge is -2.49. The number of fused-ring (bicyclic) bond motifs is 9. The van der Waals surface area contributed by atoms with Crippen LogP contribution in [-0.2, 0) is 17.4 Å². The van der Waals surface area contributed by atoms with Crippen molar-refractivity contribution < 1.29 is 4.57 Å². The van der Waals surface area contributed by atoms with E-state index >= 15 is 0 Å². The molecule has 3 aromatic carbocycles. The SMILES string of the molecule is CCCc1ccc2cc3c(cc2c1)-c1c2ccccc2cc[n+]1C1(C)C=CC31C. The maximum absolute atomic E-state index is 2.51. The van der Waals surface area contributed by atoms with Crippen LogP contribution in [0.4, 0.5) is 0 Å². The lowest BCUT2D eigenvalue weighted by molar-refractivity contribution is -0.753. The number of rotatable bonds is 2. The van der Waals surface area contributed by atoms with Crippen molar-refractivity contribution in [2.24, 2.45) is 0 Å². The molecule has 1 heteroatoms. The summed E-state index contributed by atoms with van der Waals surface area (Å²) in [7, 11) is 0. The second-order valence-corrected chi connectivity index (χ2v) is 9.13. The van der Waals surface area contributed by atoms with Gasteiger partial charge in [0.1, 0.15) is 0 Å². The first-order valence-corrected chi connectivity index (χ1v) is 10.8. The minimum Gasteiger partial charge on any atom is -0.188 e. The minimum atomic E-state index is -0.0325. The fraction of sp³-hybridized carbons (Fsp3) is 0.250. The molecule has 29 heavy (non-hydrogen) atoms. The number of aryl methyl sites for hydroxylation is 1. The smallest absolute Gasteiger partial charge is 0.188 e. The third kappa shape index (κ3) is 2.03. The molecule has 0 saturated carbocycles. The van der Waals surface area contributed by atoms with Crippen LogP contribution in [0, 0.1) is 0 Å². The van der Waals surface area contributed by atoms with E-state index in [4.69, 9.17) is 0 Å². The van der Waals surface area contributed by atoms with Gasteiger partial charge in [-0.2, -0.15) is 4.57 Å². The fourth-order valence-electron chi connectivity index (χ4n) is 5.56. The van der Waals surface area contributed by atoms with Gasteiger partial charge in [-0.15, -0.1) is 0 Å². The lowest BCUT2D eigenvalue weighted by atomic mass is 9.56. The first-order valence-electron chi connectivity index (χ1n) is 10.8. The molecular weight excluding hydrogens is 350 g/mol. The topological polar surface area (TPSA) is 3.88 Å². The molecule has 1 nitrogen and oxygen atoms in total. The summed E-state index contributed by atoms with van der Waals surface area (Å²) < 4.78 is 2.51. The Kier molecular flexibility index (Phi) is 3.26. The van der Waals surface area contributed by atoms with Crippen molar-refractivity contribution >= 4 is 21.5 Å². The Balaban J connectivity index is 1.75. The van der Waals surface area contributed by atoms with Crippen LogP contribution in [0.5, 0.6) is 0 Å². The molecular formula is C28H26N+. The number of hydrogen-bond donors (Lipinski definition) is 0. The molecule has 1 aliphatic heterocycles. The molecule has 0 fully saturated rings. The summed E-state index contributed by atoms with van der Waals surface area (Å²) in [6, 6.07) is 23.0. The number of benzene rings is 3. The number of pyridine rings is 1. The highest BCUT2D eigenvalue weighted by Gasteiger charge is 2.61. The van der Waals surface area contributed by atoms with E-state index in [1.54, 1.807) is 0 Å². The van der Waals surface area contributed by atoms with E-state index < -0.39 is 0 Å². The van der Waals surface area contributed by atoms with Crippen LogP contribution in [0.2, 0.25) is 0 Å². The van der Waals surface area contributed by atoms with Crippen LogP contribution in [0.1, 0.15) is 38.3 Å². The molecule has 142 valence electrons. The Labute approximate surface area is 172 Å². The zero-order chi connectivity index (χ0) is 19.8. The summed E-state index contributed by atoms with van der Waals surface area (Å²) >= 11 is 0. The summed E-state index contributed by atoms with van der Waals surface area (Å²) in [6.07, 6.45) is 9.39. The second kappa shape index (κ2) is 5.57. The molecule has 0 saturated heterocycles. The zero-order valence-electron chi connectivity index (χ0n) is 17.4. The molecule has 0 amide bonds. The average molecular weight is 377 g/mol. The lowest BCUT2D eigenvalue weighted by Crippen LogP contribution is -2.70. The van der Waals surface area contributed by atoms with Gasteiger partial charge in [-0.3, -0.25) is 0 Å². The first-order chi connectivity index (χ1) is 14.0. The summed E-state index contributed by atoms with van der Waals surface area (Å²) in [5.74, 6) is 0. The molecule has 2 aliphatic rings. The Hall–Kier alpha value is -2.93. The Morgan fingerprint density at radius 1 is 0.828 bits per heavy atom. The number of nitrogens with zero attached hydrogens (tertiary/aromatic N) is 1. The molecule has 1 aliphatic carbocycles. The average Bonchev–Trinajstić information content (AvgIpc) is 2.75. The summed E-state index contributed by atoms with van der Waals surface area (Å²) in [5, 5.41) is 5.34. The van der Waals surface area contributed by atoms with Crippen LogP contribution >= 0.6 is 0 Å². The maximum Gasteiger partial charge on any atom is 0.221 e. The van der Waals surface area contributed by atoms with Crippen molar-refractivity contribution in [2.75, 3.05) is 0 Å². The van der Waals surface area contributed by atoms with E-state index in [2.05, 4.69) is 104 Å². The molecule has 2 heterocycles. The van der Waals surface area contributed by atoms with E-state index in [0.29, 0.717) is 0 Å². The molecule has 1 aromatic heterocycles. The van der Waals surface area contributed by atoms with Gasteiger partial charge < -0.3 is 0 Å². The molecule has 4 aromatic rings. The fourth-order valence-corrected chi connectivity index (χ4v) is 5.56.